The van der Waals surface area contributed by atoms with Crippen molar-refractivity contribution in [3.63, 3.8) is 0 Å². The fraction of sp³-hybridized carbons (Fsp3) is 0.500. The zero-order valence-electron chi connectivity index (χ0n) is 11.2. The number of hydrogen-bond donors (Lipinski definition) is 3. The van der Waals surface area contributed by atoms with Crippen molar-refractivity contribution >= 4 is 5.82 Å². The molecule has 3 N–H and O–H groups in total. The van der Waals surface area contributed by atoms with Gasteiger partial charge in [-0.3, -0.25) is 4.98 Å². The number of aryl methyl sites for hydroxylation is 3. The lowest BCUT2D eigenvalue weighted by atomic mass is 10.3. The van der Waals surface area contributed by atoms with Crippen LogP contribution in [0.25, 0.3) is 0 Å². The Balaban J connectivity index is 1.82. The van der Waals surface area contributed by atoms with Crippen LogP contribution in [0.4, 0.5) is 5.82 Å². The monoisotopic (exact) mass is 262 g/mol. The topological polar surface area (TPSA) is 99.3 Å². The second-order valence-corrected chi connectivity index (χ2v) is 4.30. The van der Waals surface area contributed by atoms with Crippen LogP contribution in [0, 0.1) is 6.92 Å². The van der Waals surface area contributed by atoms with Gasteiger partial charge in [0.2, 0.25) is 0 Å². The summed E-state index contributed by atoms with van der Waals surface area (Å²) in [5.74, 6) is 2.30. The molecule has 0 spiro atoms. The third-order valence-corrected chi connectivity index (χ3v) is 2.70. The number of nitrogens with one attached hydrogen (secondary N) is 3. The lowest BCUT2D eigenvalue weighted by molar-refractivity contribution is 0.801. The van der Waals surface area contributed by atoms with E-state index in [0.29, 0.717) is 5.82 Å². The Morgan fingerprint density at radius 1 is 1.37 bits per heavy atom. The van der Waals surface area contributed by atoms with Crippen molar-refractivity contribution in [1.29, 1.82) is 0 Å². The first kappa shape index (κ1) is 13.3. The third kappa shape index (κ3) is 3.90. The van der Waals surface area contributed by atoms with Gasteiger partial charge in [-0.15, -0.1) is 0 Å². The number of nitrogens with zero attached hydrogens (tertiary/aromatic N) is 3. The Labute approximate surface area is 110 Å². The molecule has 0 saturated heterocycles. The predicted molar refractivity (Wildman–Crippen MR) is 72.2 cm³/mol. The van der Waals surface area contributed by atoms with E-state index in [0.717, 1.165) is 43.1 Å². The van der Waals surface area contributed by atoms with Crippen LogP contribution in [0.2, 0.25) is 0 Å². The molecular formula is C12H18N6O. The molecule has 2 rings (SSSR count). The molecule has 0 aliphatic carbocycles. The molecular weight excluding hydrogens is 244 g/mol. The number of aromatic nitrogens is 5. The fourth-order valence-electron chi connectivity index (χ4n) is 1.80. The molecule has 0 atom stereocenters. The lowest BCUT2D eigenvalue weighted by Gasteiger charge is -2.07. The van der Waals surface area contributed by atoms with Crippen LogP contribution in [0.3, 0.4) is 0 Å². The summed E-state index contributed by atoms with van der Waals surface area (Å²) in [4.78, 5) is 22.1. The highest BCUT2D eigenvalue weighted by atomic mass is 16.1. The fourth-order valence-corrected chi connectivity index (χ4v) is 1.80. The maximum atomic E-state index is 10.8. The quantitative estimate of drug-likeness (QED) is 0.669. The van der Waals surface area contributed by atoms with Gasteiger partial charge >= 0.3 is 5.69 Å². The van der Waals surface area contributed by atoms with Crippen molar-refractivity contribution < 1.29 is 0 Å². The largest absolute Gasteiger partial charge is 0.370 e. The molecule has 19 heavy (non-hydrogen) atoms. The smallest absolute Gasteiger partial charge is 0.340 e. The minimum absolute atomic E-state index is 0.262. The number of hydrogen-bond acceptors (Lipinski definition) is 5. The summed E-state index contributed by atoms with van der Waals surface area (Å²) in [5, 5.41) is 9.46. The second-order valence-electron chi connectivity index (χ2n) is 4.30. The van der Waals surface area contributed by atoms with E-state index in [4.69, 9.17) is 0 Å². The first-order valence-electron chi connectivity index (χ1n) is 6.39. The molecule has 102 valence electrons. The van der Waals surface area contributed by atoms with Crippen molar-refractivity contribution in [2.45, 2.75) is 33.1 Å². The van der Waals surface area contributed by atoms with Crippen molar-refractivity contribution in [2.75, 3.05) is 11.9 Å². The summed E-state index contributed by atoms with van der Waals surface area (Å²) < 4.78 is 0. The van der Waals surface area contributed by atoms with Gasteiger partial charge in [-0.1, -0.05) is 6.92 Å². The molecule has 0 aliphatic heterocycles. The van der Waals surface area contributed by atoms with Crippen molar-refractivity contribution in [1.82, 2.24) is 25.1 Å². The molecule has 0 fully saturated rings. The Morgan fingerprint density at radius 2 is 2.21 bits per heavy atom. The molecule has 0 aromatic carbocycles. The first-order chi connectivity index (χ1) is 9.17. The van der Waals surface area contributed by atoms with Crippen LogP contribution < -0.4 is 11.0 Å². The number of aromatic amines is 2. The Morgan fingerprint density at radius 3 is 2.89 bits per heavy atom. The van der Waals surface area contributed by atoms with Gasteiger partial charge in [0.15, 0.2) is 0 Å². The molecule has 0 saturated carbocycles. The van der Waals surface area contributed by atoms with Crippen LogP contribution in [0.5, 0.6) is 0 Å². The zero-order valence-corrected chi connectivity index (χ0v) is 11.2. The second kappa shape index (κ2) is 6.12. The van der Waals surface area contributed by atoms with Gasteiger partial charge in [-0.25, -0.2) is 19.9 Å². The molecule has 0 amide bonds. The van der Waals surface area contributed by atoms with Crippen LogP contribution >= 0.6 is 0 Å². The van der Waals surface area contributed by atoms with Gasteiger partial charge in [0.25, 0.3) is 0 Å². The van der Waals surface area contributed by atoms with Crippen molar-refractivity contribution in [3.8, 4) is 0 Å². The van der Waals surface area contributed by atoms with Crippen LogP contribution in [-0.2, 0) is 12.8 Å². The van der Waals surface area contributed by atoms with E-state index in [9.17, 15) is 4.79 Å². The van der Waals surface area contributed by atoms with E-state index < -0.39 is 0 Å². The van der Waals surface area contributed by atoms with E-state index in [1.54, 1.807) is 0 Å². The van der Waals surface area contributed by atoms with E-state index >= 15 is 0 Å². The maximum absolute atomic E-state index is 10.8. The van der Waals surface area contributed by atoms with Gasteiger partial charge in [-0.2, -0.15) is 5.10 Å². The number of anilines is 1. The van der Waals surface area contributed by atoms with Gasteiger partial charge in [0, 0.05) is 24.7 Å². The minimum atomic E-state index is -0.262. The molecule has 0 aliphatic rings. The molecule has 2 aromatic rings. The summed E-state index contributed by atoms with van der Waals surface area (Å²) in [7, 11) is 0. The van der Waals surface area contributed by atoms with E-state index in [2.05, 4.69) is 37.4 Å². The Hall–Kier alpha value is -2.18. The summed E-state index contributed by atoms with van der Waals surface area (Å²) in [6.45, 7) is 4.73. The SMILES string of the molecule is CCc1cc(NCCCc2n[nH]c(=O)[nH]2)nc(C)n1. The molecule has 0 unspecified atom stereocenters. The van der Waals surface area contributed by atoms with Crippen molar-refractivity contribution in [3.05, 3.63) is 33.9 Å². The maximum Gasteiger partial charge on any atom is 0.340 e. The van der Waals surface area contributed by atoms with Crippen LogP contribution in [0.1, 0.15) is 30.7 Å². The van der Waals surface area contributed by atoms with Crippen molar-refractivity contribution in [2.24, 2.45) is 0 Å². The highest BCUT2D eigenvalue weighted by Gasteiger charge is 2.01. The summed E-state index contributed by atoms with van der Waals surface area (Å²) in [6, 6.07) is 1.96. The normalized spacial score (nSPS) is 10.6. The summed E-state index contributed by atoms with van der Waals surface area (Å²) in [6.07, 6.45) is 2.48. The Kier molecular flexibility index (Phi) is 4.27. The standard InChI is InChI=1S/C12H18N6O/c1-3-9-7-11(15-8(2)14-9)13-6-4-5-10-16-12(19)18-17-10/h7H,3-6H2,1-2H3,(H,13,14,15)(H2,16,17,18,19). The molecule has 7 nitrogen and oxygen atoms in total. The van der Waals surface area contributed by atoms with E-state index in [-0.39, 0.29) is 5.69 Å². The van der Waals surface area contributed by atoms with Gasteiger partial charge in [0.05, 0.1) is 0 Å². The molecule has 0 radical (unpaired) electrons. The summed E-state index contributed by atoms with van der Waals surface area (Å²) >= 11 is 0. The summed E-state index contributed by atoms with van der Waals surface area (Å²) in [5.41, 5.74) is 0.772. The molecule has 2 heterocycles. The minimum Gasteiger partial charge on any atom is -0.370 e. The third-order valence-electron chi connectivity index (χ3n) is 2.70. The lowest BCUT2D eigenvalue weighted by Crippen LogP contribution is -2.08. The molecule has 2 aromatic heterocycles. The van der Waals surface area contributed by atoms with Gasteiger partial charge in [-0.05, 0) is 19.8 Å². The van der Waals surface area contributed by atoms with E-state index in [1.165, 1.54) is 0 Å². The van der Waals surface area contributed by atoms with Crippen LogP contribution in [0.15, 0.2) is 10.9 Å². The highest BCUT2D eigenvalue weighted by Crippen LogP contribution is 2.07. The van der Waals surface area contributed by atoms with Crippen LogP contribution in [-0.4, -0.2) is 31.7 Å². The zero-order chi connectivity index (χ0) is 13.7. The molecule has 7 heteroatoms. The first-order valence-corrected chi connectivity index (χ1v) is 6.39. The predicted octanol–water partition coefficient (Wildman–Crippen LogP) is 0.804. The average Bonchev–Trinajstić information content (AvgIpc) is 2.80. The van der Waals surface area contributed by atoms with Gasteiger partial charge < -0.3 is 5.32 Å². The van der Waals surface area contributed by atoms with E-state index in [1.807, 2.05) is 13.0 Å². The molecule has 0 bridgehead atoms. The highest BCUT2D eigenvalue weighted by molar-refractivity contribution is 5.35. The number of H-pyrrole nitrogens is 2. The Bertz CT molecular complexity index is 588. The van der Waals surface area contributed by atoms with Gasteiger partial charge in [0.1, 0.15) is 17.5 Å². The number of rotatable bonds is 6. The average molecular weight is 262 g/mol.